The minimum atomic E-state index is -0.206. The van der Waals surface area contributed by atoms with E-state index in [1.165, 1.54) is 6.08 Å². The van der Waals surface area contributed by atoms with Crippen LogP contribution in [-0.2, 0) is 11.4 Å². The Labute approximate surface area is 115 Å². The number of carbonyl (C=O) groups excluding carboxylic acids is 1. The second kappa shape index (κ2) is 6.26. The summed E-state index contributed by atoms with van der Waals surface area (Å²) in [5, 5.41) is 14.5. The lowest BCUT2D eigenvalue weighted by Crippen LogP contribution is -2.07. The minimum absolute atomic E-state index is 0.00267. The average molecular weight is 274 g/mol. The first-order valence-corrected chi connectivity index (χ1v) is 6.66. The van der Waals surface area contributed by atoms with E-state index in [0.29, 0.717) is 5.69 Å². The van der Waals surface area contributed by atoms with Crippen molar-refractivity contribution in [3.05, 3.63) is 52.0 Å². The molecule has 19 heavy (non-hydrogen) atoms. The van der Waals surface area contributed by atoms with Crippen molar-refractivity contribution in [2.75, 3.05) is 5.32 Å². The van der Waals surface area contributed by atoms with Crippen LogP contribution in [-0.4, -0.2) is 16.0 Å². The molecule has 1 aromatic heterocycles. The Hall–Kier alpha value is -1.98. The summed E-state index contributed by atoms with van der Waals surface area (Å²) in [5.74, 6) is -0.206. The summed E-state index contributed by atoms with van der Waals surface area (Å²) >= 11 is 1.55. The monoisotopic (exact) mass is 274 g/mol. The molecule has 0 atom stereocenters. The van der Waals surface area contributed by atoms with E-state index in [4.69, 9.17) is 5.11 Å². The topological polar surface area (TPSA) is 62.2 Å². The van der Waals surface area contributed by atoms with Gasteiger partial charge in [0.1, 0.15) is 0 Å². The van der Waals surface area contributed by atoms with Gasteiger partial charge in [-0.05, 0) is 30.7 Å². The number of aryl methyl sites for hydroxylation is 1. The molecule has 0 aliphatic heterocycles. The van der Waals surface area contributed by atoms with Crippen molar-refractivity contribution in [2.24, 2.45) is 0 Å². The first-order valence-electron chi connectivity index (χ1n) is 5.78. The number of aliphatic hydroxyl groups is 1. The standard InChI is InChI=1S/C14H14N2O2S/c1-10-15-13(9-19-10)6-7-14(18)16-12-4-2-11(8-17)3-5-12/h2-7,9,17H,8H2,1H3,(H,16,18). The normalized spacial score (nSPS) is 10.8. The molecular formula is C14H14N2O2S. The molecule has 98 valence electrons. The Bertz CT molecular complexity index is 588. The molecule has 1 aromatic carbocycles. The number of hydrogen-bond donors (Lipinski definition) is 2. The van der Waals surface area contributed by atoms with Gasteiger partial charge >= 0.3 is 0 Å². The number of amides is 1. The Kier molecular flexibility index (Phi) is 4.43. The Morgan fingerprint density at radius 3 is 2.74 bits per heavy atom. The van der Waals surface area contributed by atoms with Gasteiger partial charge in [-0.25, -0.2) is 4.98 Å². The number of benzene rings is 1. The van der Waals surface area contributed by atoms with Crippen LogP contribution in [0.25, 0.3) is 6.08 Å². The molecule has 0 bridgehead atoms. The number of rotatable bonds is 4. The van der Waals surface area contributed by atoms with Crippen molar-refractivity contribution in [3.63, 3.8) is 0 Å². The van der Waals surface area contributed by atoms with E-state index >= 15 is 0 Å². The van der Waals surface area contributed by atoms with Crippen LogP contribution in [0, 0.1) is 6.92 Å². The van der Waals surface area contributed by atoms with Crippen LogP contribution >= 0.6 is 11.3 Å². The van der Waals surface area contributed by atoms with Gasteiger partial charge in [-0.3, -0.25) is 4.79 Å². The van der Waals surface area contributed by atoms with Crippen molar-refractivity contribution >= 4 is 29.0 Å². The number of anilines is 1. The fraction of sp³-hybridized carbons (Fsp3) is 0.143. The highest BCUT2D eigenvalue weighted by Gasteiger charge is 1.99. The maximum atomic E-state index is 11.7. The summed E-state index contributed by atoms with van der Waals surface area (Å²) in [6, 6.07) is 7.04. The van der Waals surface area contributed by atoms with Gasteiger partial charge in [0.25, 0.3) is 0 Å². The molecule has 0 aliphatic rings. The molecule has 2 aromatic rings. The fourth-order valence-electron chi connectivity index (χ4n) is 1.50. The maximum absolute atomic E-state index is 11.7. The van der Waals surface area contributed by atoms with Crippen LogP contribution in [0.2, 0.25) is 0 Å². The van der Waals surface area contributed by atoms with Crippen molar-refractivity contribution in [3.8, 4) is 0 Å². The summed E-state index contributed by atoms with van der Waals surface area (Å²) in [7, 11) is 0. The second-order valence-corrected chi connectivity index (χ2v) is 5.03. The first kappa shape index (κ1) is 13.5. The van der Waals surface area contributed by atoms with Gasteiger partial charge < -0.3 is 10.4 Å². The molecule has 4 nitrogen and oxygen atoms in total. The second-order valence-electron chi connectivity index (χ2n) is 3.97. The molecule has 0 radical (unpaired) electrons. The average Bonchev–Trinajstić information content (AvgIpc) is 2.83. The molecule has 0 saturated heterocycles. The van der Waals surface area contributed by atoms with E-state index in [2.05, 4.69) is 10.3 Å². The zero-order valence-corrected chi connectivity index (χ0v) is 11.3. The zero-order chi connectivity index (χ0) is 13.7. The molecule has 2 N–H and O–H groups in total. The quantitative estimate of drug-likeness (QED) is 0.842. The van der Waals surface area contributed by atoms with Crippen LogP contribution in [0.5, 0.6) is 0 Å². The van der Waals surface area contributed by atoms with Gasteiger partial charge in [0.05, 0.1) is 17.3 Å². The molecule has 0 spiro atoms. The van der Waals surface area contributed by atoms with E-state index in [1.54, 1.807) is 41.7 Å². The molecule has 0 aliphatic carbocycles. The number of nitrogens with zero attached hydrogens (tertiary/aromatic N) is 1. The van der Waals surface area contributed by atoms with Crippen molar-refractivity contribution in [1.29, 1.82) is 0 Å². The lowest BCUT2D eigenvalue weighted by atomic mass is 10.2. The molecule has 0 fully saturated rings. The number of carbonyl (C=O) groups is 1. The molecule has 5 heteroatoms. The number of aliphatic hydroxyl groups excluding tert-OH is 1. The summed E-state index contributed by atoms with van der Waals surface area (Å²) in [6.07, 6.45) is 3.13. The number of nitrogens with one attached hydrogen (secondary N) is 1. The van der Waals surface area contributed by atoms with Crippen LogP contribution in [0.3, 0.4) is 0 Å². The summed E-state index contributed by atoms with van der Waals surface area (Å²) < 4.78 is 0. The highest BCUT2D eigenvalue weighted by Crippen LogP contribution is 2.11. The van der Waals surface area contributed by atoms with Crippen molar-refractivity contribution < 1.29 is 9.90 Å². The molecule has 1 amide bonds. The smallest absolute Gasteiger partial charge is 0.248 e. The predicted octanol–water partition coefficient (Wildman–Crippen LogP) is 2.60. The van der Waals surface area contributed by atoms with Gasteiger partial charge in [-0.2, -0.15) is 0 Å². The lowest BCUT2D eigenvalue weighted by molar-refractivity contribution is -0.111. The maximum Gasteiger partial charge on any atom is 0.248 e. The van der Waals surface area contributed by atoms with Gasteiger partial charge in [-0.1, -0.05) is 12.1 Å². The van der Waals surface area contributed by atoms with Gasteiger partial charge in [0, 0.05) is 17.1 Å². The van der Waals surface area contributed by atoms with Gasteiger partial charge in [-0.15, -0.1) is 11.3 Å². The largest absolute Gasteiger partial charge is 0.392 e. The van der Waals surface area contributed by atoms with E-state index < -0.39 is 0 Å². The molecule has 0 unspecified atom stereocenters. The summed E-state index contributed by atoms with van der Waals surface area (Å²) in [6.45, 7) is 1.92. The number of aromatic nitrogens is 1. The third-order valence-corrected chi connectivity index (χ3v) is 3.24. The van der Waals surface area contributed by atoms with Crippen molar-refractivity contribution in [2.45, 2.75) is 13.5 Å². The van der Waals surface area contributed by atoms with E-state index in [1.807, 2.05) is 12.3 Å². The fourth-order valence-corrected chi connectivity index (χ4v) is 2.08. The minimum Gasteiger partial charge on any atom is -0.392 e. The molecule has 2 rings (SSSR count). The van der Waals surface area contributed by atoms with Crippen LogP contribution in [0.1, 0.15) is 16.3 Å². The Morgan fingerprint density at radius 2 is 2.16 bits per heavy atom. The van der Waals surface area contributed by atoms with E-state index in [-0.39, 0.29) is 12.5 Å². The highest BCUT2D eigenvalue weighted by molar-refractivity contribution is 7.09. The van der Waals surface area contributed by atoms with Crippen LogP contribution in [0.15, 0.2) is 35.7 Å². The SMILES string of the molecule is Cc1nc(C=CC(=O)Nc2ccc(CO)cc2)cs1. The number of hydrogen-bond acceptors (Lipinski definition) is 4. The highest BCUT2D eigenvalue weighted by atomic mass is 32.1. The number of thiazole rings is 1. The molecule has 1 heterocycles. The molecular weight excluding hydrogens is 260 g/mol. The third-order valence-electron chi connectivity index (χ3n) is 2.45. The summed E-state index contributed by atoms with van der Waals surface area (Å²) in [5.41, 5.74) is 2.29. The van der Waals surface area contributed by atoms with E-state index in [9.17, 15) is 4.79 Å². The third kappa shape index (κ3) is 4.01. The molecule has 0 saturated carbocycles. The zero-order valence-electron chi connectivity index (χ0n) is 10.5. The Balaban J connectivity index is 1.95. The van der Waals surface area contributed by atoms with E-state index in [0.717, 1.165) is 16.3 Å². The van der Waals surface area contributed by atoms with Crippen molar-refractivity contribution in [1.82, 2.24) is 4.98 Å². The van der Waals surface area contributed by atoms with Gasteiger partial charge in [0.2, 0.25) is 5.91 Å². The van der Waals surface area contributed by atoms with Crippen LogP contribution in [0.4, 0.5) is 5.69 Å². The van der Waals surface area contributed by atoms with Gasteiger partial charge in [0.15, 0.2) is 0 Å². The summed E-state index contributed by atoms with van der Waals surface area (Å²) in [4.78, 5) is 15.9. The lowest BCUT2D eigenvalue weighted by Gasteiger charge is -2.02. The van der Waals surface area contributed by atoms with Crippen LogP contribution < -0.4 is 5.32 Å². The Morgan fingerprint density at radius 1 is 1.42 bits per heavy atom. The predicted molar refractivity (Wildman–Crippen MR) is 76.9 cm³/mol. The first-order chi connectivity index (χ1) is 9.17.